The van der Waals surface area contributed by atoms with Crippen molar-refractivity contribution < 1.29 is 0 Å². The molecule has 0 aliphatic heterocycles. The molecule has 1 heterocycles. The average Bonchev–Trinajstić information content (AvgIpc) is 2.05. The molecule has 0 unspecified atom stereocenters. The predicted molar refractivity (Wildman–Crippen MR) is 62.4 cm³/mol. The first kappa shape index (κ1) is 9.97. The molecule has 1 saturated carbocycles. The van der Waals surface area contributed by atoms with Crippen molar-refractivity contribution >= 4 is 21.6 Å². The Hall–Kier alpha value is -0.570. The van der Waals surface area contributed by atoms with Gasteiger partial charge in [-0.2, -0.15) is 0 Å². The lowest BCUT2D eigenvalue weighted by atomic mass is 9.80. The van der Waals surface area contributed by atoms with E-state index in [-0.39, 0.29) is 0 Å². The lowest BCUT2D eigenvalue weighted by molar-refractivity contribution is 0.285. The van der Waals surface area contributed by atoms with E-state index in [0.29, 0.717) is 6.04 Å². The molecular weight excluding hydrogens is 240 g/mol. The minimum Gasteiger partial charge on any atom is -0.381 e. The molecule has 1 aromatic heterocycles. The molecule has 0 radical (unpaired) electrons. The third-order valence-electron chi connectivity index (χ3n) is 3.01. The fourth-order valence-electron chi connectivity index (χ4n) is 1.80. The van der Waals surface area contributed by atoms with Crippen LogP contribution in [-0.2, 0) is 0 Å². The number of aromatic nitrogens is 1. The van der Waals surface area contributed by atoms with Gasteiger partial charge in [-0.1, -0.05) is 6.42 Å². The van der Waals surface area contributed by atoms with Crippen LogP contribution in [0, 0.1) is 5.92 Å². The largest absolute Gasteiger partial charge is 0.381 e. The molecule has 1 atom stereocenters. The van der Waals surface area contributed by atoms with Crippen LogP contribution in [-0.4, -0.2) is 11.0 Å². The molecule has 0 aromatic carbocycles. The van der Waals surface area contributed by atoms with Crippen molar-refractivity contribution in [2.24, 2.45) is 5.92 Å². The van der Waals surface area contributed by atoms with E-state index in [1.807, 2.05) is 18.5 Å². The number of nitrogens with one attached hydrogen (secondary N) is 1. The summed E-state index contributed by atoms with van der Waals surface area (Å²) < 4.78 is 1.05. The fraction of sp³-hybridized carbons (Fsp3) is 0.545. The summed E-state index contributed by atoms with van der Waals surface area (Å²) in [5.74, 6) is 0.857. The van der Waals surface area contributed by atoms with Crippen LogP contribution in [0.2, 0.25) is 0 Å². The second-order valence-corrected chi connectivity index (χ2v) is 4.83. The van der Waals surface area contributed by atoms with Gasteiger partial charge in [-0.05, 0) is 47.7 Å². The van der Waals surface area contributed by atoms with E-state index in [0.717, 1.165) is 16.1 Å². The highest BCUT2D eigenvalue weighted by atomic mass is 79.9. The minimum absolute atomic E-state index is 0.572. The molecule has 2 nitrogen and oxygen atoms in total. The molecule has 1 aliphatic carbocycles. The second-order valence-electron chi connectivity index (χ2n) is 3.98. The van der Waals surface area contributed by atoms with Crippen LogP contribution < -0.4 is 5.32 Å². The summed E-state index contributed by atoms with van der Waals surface area (Å²) in [4.78, 5) is 4.04. The third-order valence-corrected chi connectivity index (χ3v) is 3.64. The quantitative estimate of drug-likeness (QED) is 0.894. The molecular formula is C11H15BrN2. The Morgan fingerprint density at radius 3 is 2.93 bits per heavy atom. The summed E-state index contributed by atoms with van der Waals surface area (Å²) in [6, 6.07) is 2.58. The molecule has 0 amide bonds. The van der Waals surface area contributed by atoms with Gasteiger partial charge < -0.3 is 5.32 Å². The predicted octanol–water partition coefficient (Wildman–Crippen LogP) is 3.44. The van der Waals surface area contributed by atoms with E-state index in [1.165, 1.54) is 19.3 Å². The Labute approximate surface area is 93.3 Å². The van der Waals surface area contributed by atoms with Gasteiger partial charge in [0.2, 0.25) is 0 Å². The number of nitrogens with zero attached hydrogens (tertiary/aromatic N) is 1. The van der Waals surface area contributed by atoms with Crippen molar-refractivity contribution in [1.29, 1.82) is 0 Å². The van der Waals surface area contributed by atoms with E-state index in [9.17, 15) is 0 Å². The van der Waals surface area contributed by atoms with E-state index < -0.39 is 0 Å². The van der Waals surface area contributed by atoms with E-state index >= 15 is 0 Å². The zero-order valence-electron chi connectivity index (χ0n) is 8.33. The Morgan fingerprint density at radius 1 is 1.57 bits per heavy atom. The van der Waals surface area contributed by atoms with E-state index in [1.54, 1.807) is 0 Å². The highest BCUT2D eigenvalue weighted by Gasteiger charge is 2.23. The number of halogens is 1. The average molecular weight is 255 g/mol. The molecule has 0 bridgehead atoms. The summed E-state index contributed by atoms with van der Waals surface area (Å²) in [6.07, 6.45) is 7.79. The second kappa shape index (κ2) is 4.30. The maximum atomic E-state index is 4.04. The number of pyridine rings is 1. The van der Waals surface area contributed by atoms with Crippen molar-refractivity contribution in [2.75, 3.05) is 5.32 Å². The van der Waals surface area contributed by atoms with Gasteiger partial charge in [-0.25, -0.2) is 0 Å². The van der Waals surface area contributed by atoms with Crippen molar-refractivity contribution in [3.63, 3.8) is 0 Å². The molecule has 3 heteroatoms. The molecule has 1 aromatic rings. The van der Waals surface area contributed by atoms with Crippen LogP contribution in [0.3, 0.4) is 0 Å². The Morgan fingerprint density at radius 2 is 2.36 bits per heavy atom. The van der Waals surface area contributed by atoms with Gasteiger partial charge in [0, 0.05) is 18.4 Å². The molecule has 1 fully saturated rings. The first-order valence-corrected chi connectivity index (χ1v) is 5.92. The van der Waals surface area contributed by atoms with Crippen LogP contribution >= 0.6 is 15.9 Å². The van der Waals surface area contributed by atoms with Crippen molar-refractivity contribution in [3.8, 4) is 0 Å². The highest BCUT2D eigenvalue weighted by Crippen LogP contribution is 2.32. The van der Waals surface area contributed by atoms with Crippen LogP contribution in [0.5, 0.6) is 0 Å². The summed E-state index contributed by atoms with van der Waals surface area (Å²) in [5, 5.41) is 3.53. The van der Waals surface area contributed by atoms with Gasteiger partial charge in [0.25, 0.3) is 0 Å². The van der Waals surface area contributed by atoms with Gasteiger partial charge in [0.1, 0.15) is 0 Å². The van der Waals surface area contributed by atoms with Crippen molar-refractivity contribution in [3.05, 3.63) is 22.9 Å². The Balaban J connectivity index is 1.99. The van der Waals surface area contributed by atoms with Crippen LogP contribution in [0.15, 0.2) is 22.9 Å². The van der Waals surface area contributed by atoms with Crippen LogP contribution in [0.1, 0.15) is 26.2 Å². The standard InChI is InChI=1S/C11H15BrN2/c1-8(9-3-2-4-9)14-11-5-6-13-7-10(11)12/h5-9H,2-4H2,1H3,(H,13,14)/t8-/m0/s1. The summed E-state index contributed by atoms with van der Waals surface area (Å²) >= 11 is 3.49. The molecule has 0 spiro atoms. The zero-order chi connectivity index (χ0) is 9.97. The minimum atomic E-state index is 0.572. The summed E-state index contributed by atoms with van der Waals surface area (Å²) in [5.41, 5.74) is 1.15. The van der Waals surface area contributed by atoms with E-state index in [4.69, 9.17) is 0 Å². The van der Waals surface area contributed by atoms with Crippen molar-refractivity contribution in [2.45, 2.75) is 32.2 Å². The van der Waals surface area contributed by atoms with Gasteiger partial charge in [-0.3, -0.25) is 4.98 Å². The Kier molecular flexibility index (Phi) is 3.06. The molecule has 1 aliphatic rings. The molecule has 14 heavy (non-hydrogen) atoms. The number of anilines is 1. The normalized spacial score (nSPS) is 18.7. The fourth-order valence-corrected chi connectivity index (χ4v) is 2.16. The van der Waals surface area contributed by atoms with Gasteiger partial charge in [0.05, 0.1) is 10.2 Å². The van der Waals surface area contributed by atoms with Crippen molar-refractivity contribution in [1.82, 2.24) is 4.98 Å². The number of hydrogen-bond acceptors (Lipinski definition) is 2. The molecule has 0 saturated heterocycles. The molecule has 76 valence electrons. The third kappa shape index (κ3) is 2.08. The zero-order valence-corrected chi connectivity index (χ0v) is 9.92. The van der Waals surface area contributed by atoms with Gasteiger partial charge in [0.15, 0.2) is 0 Å². The first-order chi connectivity index (χ1) is 6.77. The lowest BCUT2D eigenvalue weighted by Gasteiger charge is -2.32. The molecule has 2 rings (SSSR count). The van der Waals surface area contributed by atoms with Crippen LogP contribution in [0.4, 0.5) is 5.69 Å². The molecule has 1 N–H and O–H groups in total. The Bertz CT molecular complexity index is 310. The van der Waals surface area contributed by atoms with E-state index in [2.05, 4.69) is 33.2 Å². The summed E-state index contributed by atoms with van der Waals surface area (Å²) in [6.45, 7) is 2.26. The number of hydrogen-bond donors (Lipinski definition) is 1. The SMILES string of the molecule is C[C@H](Nc1ccncc1Br)C1CCC1. The maximum Gasteiger partial charge on any atom is 0.0590 e. The maximum absolute atomic E-state index is 4.04. The topological polar surface area (TPSA) is 24.9 Å². The van der Waals surface area contributed by atoms with Gasteiger partial charge >= 0.3 is 0 Å². The highest BCUT2D eigenvalue weighted by molar-refractivity contribution is 9.10. The first-order valence-electron chi connectivity index (χ1n) is 5.13. The monoisotopic (exact) mass is 254 g/mol. The smallest absolute Gasteiger partial charge is 0.0590 e. The lowest BCUT2D eigenvalue weighted by Crippen LogP contribution is -2.30. The summed E-state index contributed by atoms with van der Waals surface area (Å²) in [7, 11) is 0. The number of rotatable bonds is 3. The van der Waals surface area contributed by atoms with Crippen LogP contribution in [0.25, 0.3) is 0 Å². The van der Waals surface area contributed by atoms with Gasteiger partial charge in [-0.15, -0.1) is 0 Å².